The molecule has 1 aromatic carbocycles. The number of hydrogen-bond donors (Lipinski definition) is 2. The molecule has 3 rings (SSSR count). The van der Waals surface area contributed by atoms with Gasteiger partial charge < -0.3 is 5.11 Å². The quantitative estimate of drug-likeness (QED) is 0.748. The maximum Gasteiger partial charge on any atom is 0.410 e. The van der Waals surface area contributed by atoms with Crippen LogP contribution in [0.15, 0.2) is 34.5 Å². The van der Waals surface area contributed by atoms with E-state index in [4.69, 9.17) is 16.7 Å². The molecule has 2 aromatic rings. The molecule has 6 nitrogen and oxygen atoms in total. The van der Waals surface area contributed by atoms with Crippen LogP contribution in [0.1, 0.15) is 39.3 Å². The third-order valence-corrected chi connectivity index (χ3v) is 6.88. The number of anilines is 1. The molecule has 0 atom stereocenters. The Morgan fingerprint density at radius 3 is 2.27 bits per heavy atom. The topological polar surface area (TPSA) is 96.4 Å². The molecule has 1 saturated carbocycles. The fourth-order valence-electron chi connectivity index (χ4n) is 1.96. The van der Waals surface area contributed by atoms with E-state index in [1.807, 2.05) is 26.2 Å². The molecule has 1 heterocycles. The minimum Gasteiger partial charge on any atom is -0.465 e. The Kier molecular flexibility index (Phi) is 6.31. The third kappa shape index (κ3) is 5.69. The Labute approximate surface area is 162 Å². The van der Waals surface area contributed by atoms with Crippen LogP contribution in [-0.4, -0.2) is 29.9 Å². The fraction of sp³-hybridized carbons (Fsp3) is 0.412. The van der Waals surface area contributed by atoms with Crippen LogP contribution in [-0.2, 0) is 15.3 Å². The molecule has 1 aliphatic carbocycles. The first-order valence-corrected chi connectivity index (χ1v) is 10.8. The average molecular weight is 417 g/mol. The molecular formula is C17H21ClN2O4S2. The zero-order valence-electron chi connectivity index (χ0n) is 14.7. The molecule has 0 bridgehead atoms. The van der Waals surface area contributed by atoms with Gasteiger partial charge in [-0.3, -0.25) is 5.32 Å². The van der Waals surface area contributed by atoms with Crippen LogP contribution in [0, 0.1) is 0 Å². The molecule has 142 valence electrons. The highest BCUT2D eigenvalue weighted by atomic mass is 35.5. The number of benzene rings is 1. The van der Waals surface area contributed by atoms with Gasteiger partial charge >= 0.3 is 6.09 Å². The van der Waals surface area contributed by atoms with Crippen LogP contribution in [0.3, 0.4) is 0 Å². The number of nitrogens with zero attached hydrogens (tertiary/aromatic N) is 1. The molecule has 1 fully saturated rings. The summed E-state index contributed by atoms with van der Waals surface area (Å²) in [5, 5.41) is 13.4. The van der Waals surface area contributed by atoms with Crippen LogP contribution in [0.2, 0.25) is 5.02 Å². The zero-order chi connectivity index (χ0) is 19.5. The first kappa shape index (κ1) is 20.7. The second-order valence-corrected chi connectivity index (χ2v) is 10.4. The third-order valence-electron chi connectivity index (χ3n) is 3.59. The van der Waals surface area contributed by atoms with Crippen molar-refractivity contribution in [3.63, 3.8) is 0 Å². The van der Waals surface area contributed by atoms with Crippen molar-refractivity contribution in [2.24, 2.45) is 0 Å². The smallest absolute Gasteiger partial charge is 0.410 e. The lowest BCUT2D eigenvalue weighted by Crippen LogP contribution is -2.12. The van der Waals surface area contributed by atoms with Crippen LogP contribution < -0.4 is 5.32 Å². The Morgan fingerprint density at radius 1 is 1.27 bits per heavy atom. The van der Waals surface area contributed by atoms with Gasteiger partial charge in [-0.05, 0) is 37.1 Å². The molecule has 2 N–H and O–H groups in total. The lowest BCUT2D eigenvalue weighted by Gasteiger charge is -2.13. The lowest BCUT2D eigenvalue weighted by atomic mass is 9.93. The molecule has 0 unspecified atom stereocenters. The largest absolute Gasteiger partial charge is 0.465 e. The summed E-state index contributed by atoms with van der Waals surface area (Å²) in [6, 6.07) is 6.35. The second-order valence-electron chi connectivity index (χ2n) is 6.92. The first-order chi connectivity index (χ1) is 12.0. The van der Waals surface area contributed by atoms with Gasteiger partial charge in [0.2, 0.25) is 0 Å². The fourth-order valence-corrected chi connectivity index (χ4v) is 4.67. The van der Waals surface area contributed by atoms with Crippen LogP contribution in [0.4, 0.5) is 9.93 Å². The van der Waals surface area contributed by atoms with Crippen molar-refractivity contribution in [2.75, 3.05) is 5.32 Å². The number of aromatic nitrogens is 1. The predicted octanol–water partition coefficient (Wildman–Crippen LogP) is 4.81. The van der Waals surface area contributed by atoms with Crippen LogP contribution in [0.5, 0.6) is 0 Å². The van der Waals surface area contributed by atoms with Crippen molar-refractivity contribution in [1.82, 2.24) is 4.98 Å². The van der Waals surface area contributed by atoms with E-state index in [-0.39, 0.29) is 10.7 Å². The Balaban J connectivity index is 0.000000187. The van der Waals surface area contributed by atoms with E-state index in [9.17, 15) is 13.2 Å². The summed E-state index contributed by atoms with van der Waals surface area (Å²) in [6.45, 7) is 6.10. The SMILES string of the molecule is CC(C)(C)c1csc(NC(=O)O)n1.O=S(=O)(c1ccc(Cl)cc1)C1CC1. The molecular weight excluding hydrogens is 396 g/mol. The van der Waals surface area contributed by atoms with Gasteiger partial charge in [0.15, 0.2) is 15.0 Å². The van der Waals surface area contributed by atoms with Gasteiger partial charge in [-0.2, -0.15) is 0 Å². The molecule has 1 aromatic heterocycles. The van der Waals surface area contributed by atoms with E-state index >= 15 is 0 Å². The number of hydrogen-bond acceptors (Lipinski definition) is 5. The van der Waals surface area contributed by atoms with Crippen molar-refractivity contribution in [3.8, 4) is 0 Å². The van der Waals surface area contributed by atoms with Crippen LogP contribution >= 0.6 is 22.9 Å². The average Bonchev–Trinajstić information content (AvgIpc) is 3.28. The van der Waals surface area contributed by atoms with E-state index in [0.29, 0.717) is 15.0 Å². The standard InChI is InChI=1S/C9H9ClO2S.C8H12N2O2S/c10-7-1-3-8(4-2-7)13(11,12)9-5-6-9;1-8(2,3)5-4-13-6(9-5)10-7(11)12/h1-4,9H,5-6H2;4H,1-3H3,(H,9,10)(H,11,12). The maximum absolute atomic E-state index is 11.7. The van der Waals surface area contributed by atoms with E-state index in [1.54, 1.807) is 24.3 Å². The minimum atomic E-state index is -3.04. The van der Waals surface area contributed by atoms with E-state index in [0.717, 1.165) is 18.5 Å². The number of rotatable bonds is 3. The molecule has 0 saturated heterocycles. The summed E-state index contributed by atoms with van der Waals surface area (Å²) in [4.78, 5) is 14.8. The highest BCUT2D eigenvalue weighted by Crippen LogP contribution is 2.33. The Bertz CT molecular complexity index is 867. The summed E-state index contributed by atoms with van der Waals surface area (Å²) in [7, 11) is -3.04. The second kappa shape index (κ2) is 7.94. The zero-order valence-corrected chi connectivity index (χ0v) is 17.1. The first-order valence-electron chi connectivity index (χ1n) is 7.95. The van der Waals surface area contributed by atoms with Gasteiger partial charge in [0, 0.05) is 15.8 Å². The van der Waals surface area contributed by atoms with E-state index < -0.39 is 15.9 Å². The van der Waals surface area contributed by atoms with Gasteiger partial charge in [0.25, 0.3) is 0 Å². The summed E-state index contributed by atoms with van der Waals surface area (Å²) < 4.78 is 23.3. The molecule has 0 radical (unpaired) electrons. The number of carboxylic acid groups (broad SMARTS) is 1. The van der Waals surface area contributed by atoms with Gasteiger partial charge in [0.1, 0.15) is 0 Å². The monoisotopic (exact) mass is 416 g/mol. The molecule has 1 aliphatic rings. The van der Waals surface area contributed by atoms with Crippen LogP contribution in [0.25, 0.3) is 0 Å². The van der Waals surface area contributed by atoms with Crippen molar-refractivity contribution in [3.05, 3.63) is 40.4 Å². The molecule has 26 heavy (non-hydrogen) atoms. The van der Waals surface area contributed by atoms with Crippen molar-refractivity contribution < 1.29 is 18.3 Å². The number of halogens is 1. The summed E-state index contributed by atoms with van der Waals surface area (Å²) in [6.07, 6.45) is 0.519. The predicted molar refractivity (Wildman–Crippen MR) is 104 cm³/mol. The normalized spacial score (nSPS) is 14.3. The molecule has 0 spiro atoms. The minimum absolute atomic E-state index is 0.0328. The highest BCUT2D eigenvalue weighted by Gasteiger charge is 2.36. The van der Waals surface area contributed by atoms with Gasteiger partial charge in [-0.25, -0.2) is 18.2 Å². The van der Waals surface area contributed by atoms with Gasteiger partial charge in [0.05, 0.1) is 15.8 Å². The number of nitrogens with one attached hydrogen (secondary N) is 1. The maximum atomic E-state index is 11.7. The summed E-state index contributed by atoms with van der Waals surface area (Å²) >= 11 is 6.96. The van der Waals surface area contributed by atoms with E-state index in [1.165, 1.54) is 11.3 Å². The van der Waals surface area contributed by atoms with Gasteiger partial charge in [-0.15, -0.1) is 11.3 Å². The van der Waals surface area contributed by atoms with Gasteiger partial charge in [-0.1, -0.05) is 32.4 Å². The van der Waals surface area contributed by atoms with Crippen molar-refractivity contribution in [2.45, 2.75) is 49.2 Å². The number of amides is 1. The highest BCUT2D eigenvalue weighted by molar-refractivity contribution is 7.92. The Hall–Kier alpha value is -1.64. The lowest BCUT2D eigenvalue weighted by molar-refractivity contribution is 0.209. The number of carbonyl (C=O) groups is 1. The molecule has 1 amide bonds. The summed E-state index contributed by atoms with van der Waals surface area (Å²) in [5.74, 6) is 0. The number of sulfone groups is 1. The molecule has 0 aliphatic heterocycles. The Morgan fingerprint density at radius 2 is 1.85 bits per heavy atom. The van der Waals surface area contributed by atoms with E-state index in [2.05, 4.69) is 10.3 Å². The van der Waals surface area contributed by atoms with Crippen molar-refractivity contribution in [1.29, 1.82) is 0 Å². The van der Waals surface area contributed by atoms with Crippen molar-refractivity contribution >= 4 is 44.0 Å². The molecule has 9 heteroatoms. The number of thiazole rings is 1. The summed E-state index contributed by atoms with van der Waals surface area (Å²) in [5.41, 5.74) is 0.871.